The summed E-state index contributed by atoms with van der Waals surface area (Å²) in [7, 11) is 0. The second kappa shape index (κ2) is 5.47. The number of rotatable bonds is 3. The van der Waals surface area contributed by atoms with E-state index in [0.29, 0.717) is 6.54 Å². The first-order valence-electron chi connectivity index (χ1n) is 6.45. The van der Waals surface area contributed by atoms with E-state index in [1.165, 1.54) is 0 Å². The van der Waals surface area contributed by atoms with Gasteiger partial charge in [0.2, 0.25) is 0 Å². The van der Waals surface area contributed by atoms with E-state index in [1.54, 1.807) is 0 Å². The summed E-state index contributed by atoms with van der Waals surface area (Å²) in [5, 5.41) is 4.06. The molecule has 3 aromatic rings. The zero-order valence-corrected chi connectivity index (χ0v) is 11.9. The van der Waals surface area contributed by atoms with Crippen molar-refractivity contribution >= 4 is 28.5 Å². The Balaban J connectivity index is 1.87. The topological polar surface area (TPSA) is 37.8 Å². The zero-order valence-electron chi connectivity index (χ0n) is 11.1. The molecule has 0 unspecified atom stereocenters. The molecule has 2 aromatic carbocycles. The van der Waals surface area contributed by atoms with Gasteiger partial charge in [-0.05, 0) is 30.7 Å². The number of para-hydroxylation sites is 2. The highest BCUT2D eigenvalue weighted by Gasteiger charge is 2.05. The number of hydrogen-bond acceptors (Lipinski definition) is 3. The fourth-order valence-electron chi connectivity index (χ4n) is 2.08. The zero-order chi connectivity index (χ0) is 13.9. The quantitative estimate of drug-likeness (QED) is 0.783. The Morgan fingerprint density at radius 3 is 2.35 bits per heavy atom. The minimum absolute atomic E-state index is 0.632. The molecule has 0 aliphatic heterocycles. The lowest BCUT2D eigenvalue weighted by molar-refractivity contribution is 1.08. The highest BCUT2D eigenvalue weighted by molar-refractivity contribution is 6.31. The molecule has 0 saturated heterocycles. The number of halogens is 1. The third kappa shape index (κ3) is 2.58. The second-order valence-electron chi connectivity index (χ2n) is 4.59. The van der Waals surface area contributed by atoms with Gasteiger partial charge < -0.3 is 5.32 Å². The summed E-state index contributed by atoms with van der Waals surface area (Å²) in [6, 6.07) is 15.6. The lowest BCUT2D eigenvalue weighted by Crippen LogP contribution is -2.05. The Morgan fingerprint density at radius 2 is 1.60 bits per heavy atom. The number of hydrogen-bond donors (Lipinski definition) is 1. The first-order chi connectivity index (χ1) is 9.74. The van der Waals surface area contributed by atoms with Gasteiger partial charge in [-0.15, -0.1) is 0 Å². The summed E-state index contributed by atoms with van der Waals surface area (Å²) in [6.07, 6.45) is 0. The van der Waals surface area contributed by atoms with E-state index in [1.807, 2.05) is 55.5 Å². The standard InChI is InChI=1S/C16H14ClN3/c1-11-16(18-10-12-6-2-3-7-13(12)17)20-15-9-5-4-8-14(15)19-11/h2-9H,10H2,1H3,(H,18,20). The number of anilines is 1. The maximum Gasteiger partial charge on any atom is 0.148 e. The molecule has 3 nitrogen and oxygen atoms in total. The number of nitrogens with zero attached hydrogens (tertiary/aromatic N) is 2. The van der Waals surface area contributed by atoms with Crippen LogP contribution in [0.4, 0.5) is 5.82 Å². The van der Waals surface area contributed by atoms with Crippen molar-refractivity contribution in [2.24, 2.45) is 0 Å². The molecule has 20 heavy (non-hydrogen) atoms. The smallest absolute Gasteiger partial charge is 0.148 e. The van der Waals surface area contributed by atoms with Gasteiger partial charge in [-0.3, -0.25) is 0 Å². The van der Waals surface area contributed by atoms with Crippen LogP contribution in [-0.2, 0) is 6.54 Å². The highest BCUT2D eigenvalue weighted by atomic mass is 35.5. The molecule has 4 heteroatoms. The third-order valence-electron chi connectivity index (χ3n) is 3.15. The first-order valence-corrected chi connectivity index (χ1v) is 6.82. The van der Waals surface area contributed by atoms with Crippen molar-refractivity contribution in [1.29, 1.82) is 0 Å². The van der Waals surface area contributed by atoms with Crippen LogP contribution >= 0.6 is 11.6 Å². The van der Waals surface area contributed by atoms with E-state index < -0.39 is 0 Å². The molecule has 1 heterocycles. The van der Waals surface area contributed by atoms with Crippen LogP contribution in [-0.4, -0.2) is 9.97 Å². The van der Waals surface area contributed by atoms with Gasteiger partial charge >= 0.3 is 0 Å². The van der Waals surface area contributed by atoms with Crippen LogP contribution in [0.1, 0.15) is 11.3 Å². The van der Waals surface area contributed by atoms with Gasteiger partial charge in [0.15, 0.2) is 0 Å². The SMILES string of the molecule is Cc1nc2ccccc2nc1NCc1ccccc1Cl. The normalized spacial score (nSPS) is 10.7. The van der Waals surface area contributed by atoms with E-state index in [2.05, 4.69) is 15.3 Å². The molecule has 0 atom stereocenters. The number of aromatic nitrogens is 2. The van der Waals surface area contributed by atoms with Gasteiger partial charge in [-0.2, -0.15) is 0 Å². The Kier molecular flexibility index (Phi) is 3.52. The van der Waals surface area contributed by atoms with E-state index in [9.17, 15) is 0 Å². The van der Waals surface area contributed by atoms with Crippen LogP contribution in [0.15, 0.2) is 48.5 Å². The van der Waals surface area contributed by atoms with Gasteiger partial charge in [-0.25, -0.2) is 9.97 Å². The van der Waals surface area contributed by atoms with Gasteiger partial charge in [0, 0.05) is 11.6 Å². The first kappa shape index (κ1) is 12.9. The molecule has 0 saturated carbocycles. The minimum Gasteiger partial charge on any atom is -0.364 e. The fourth-order valence-corrected chi connectivity index (χ4v) is 2.28. The highest BCUT2D eigenvalue weighted by Crippen LogP contribution is 2.19. The average molecular weight is 284 g/mol. The van der Waals surface area contributed by atoms with Gasteiger partial charge in [0.05, 0.1) is 16.7 Å². The average Bonchev–Trinajstić information content (AvgIpc) is 2.46. The maximum atomic E-state index is 6.15. The van der Waals surface area contributed by atoms with Crippen LogP contribution in [0.3, 0.4) is 0 Å². The summed E-state index contributed by atoms with van der Waals surface area (Å²) in [4.78, 5) is 9.16. The van der Waals surface area contributed by atoms with Crippen molar-refractivity contribution in [3.63, 3.8) is 0 Å². The molecule has 1 aromatic heterocycles. The van der Waals surface area contributed by atoms with Gasteiger partial charge in [-0.1, -0.05) is 41.9 Å². The van der Waals surface area contributed by atoms with Gasteiger partial charge in [0.1, 0.15) is 5.82 Å². The van der Waals surface area contributed by atoms with Crippen LogP contribution in [0, 0.1) is 6.92 Å². The van der Waals surface area contributed by atoms with Crippen LogP contribution < -0.4 is 5.32 Å². The molecule has 0 fully saturated rings. The van der Waals surface area contributed by atoms with Crippen molar-refractivity contribution in [3.05, 3.63) is 64.8 Å². The Bertz CT molecular complexity index is 756. The predicted octanol–water partition coefficient (Wildman–Crippen LogP) is 4.20. The Hall–Kier alpha value is -2.13. The van der Waals surface area contributed by atoms with Crippen molar-refractivity contribution in [3.8, 4) is 0 Å². The molecule has 100 valence electrons. The molecule has 0 aliphatic carbocycles. The summed E-state index contributed by atoms with van der Waals surface area (Å²) >= 11 is 6.15. The molecule has 0 spiro atoms. The fraction of sp³-hybridized carbons (Fsp3) is 0.125. The summed E-state index contributed by atoms with van der Waals surface area (Å²) in [5.74, 6) is 0.795. The summed E-state index contributed by atoms with van der Waals surface area (Å²) in [6.45, 7) is 2.59. The van der Waals surface area contributed by atoms with E-state index >= 15 is 0 Å². The second-order valence-corrected chi connectivity index (χ2v) is 5.00. The number of fused-ring (bicyclic) bond motifs is 1. The van der Waals surface area contributed by atoms with E-state index in [-0.39, 0.29) is 0 Å². The summed E-state index contributed by atoms with van der Waals surface area (Å²) in [5.41, 5.74) is 3.73. The lowest BCUT2D eigenvalue weighted by atomic mass is 10.2. The molecular formula is C16H14ClN3. The summed E-state index contributed by atoms with van der Waals surface area (Å²) < 4.78 is 0. The maximum absolute atomic E-state index is 6.15. The van der Waals surface area contributed by atoms with Gasteiger partial charge in [0.25, 0.3) is 0 Å². The number of benzene rings is 2. The van der Waals surface area contributed by atoms with Crippen molar-refractivity contribution in [2.75, 3.05) is 5.32 Å². The lowest BCUT2D eigenvalue weighted by Gasteiger charge is -2.10. The molecule has 1 N–H and O–H groups in total. The van der Waals surface area contributed by atoms with E-state index in [4.69, 9.17) is 11.6 Å². The minimum atomic E-state index is 0.632. The molecule has 0 amide bonds. The van der Waals surface area contributed by atoms with Crippen molar-refractivity contribution in [1.82, 2.24) is 9.97 Å². The van der Waals surface area contributed by atoms with Crippen LogP contribution in [0.5, 0.6) is 0 Å². The monoisotopic (exact) mass is 283 g/mol. The van der Waals surface area contributed by atoms with Crippen molar-refractivity contribution < 1.29 is 0 Å². The molecule has 3 rings (SSSR count). The Labute approximate surface area is 122 Å². The van der Waals surface area contributed by atoms with E-state index in [0.717, 1.165) is 33.1 Å². The van der Waals surface area contributed by atoms with Crippen LogP contribution in [0.2, 0.25) is 5.02 Å². The molecule has 0 bridgehead atoms. The van der Waals surface area contributed by atoms with Crippen LogP contribution in [0.25, 0.3) is 11.0 Å². The molecular weight excluding hydrogens is 270 g/mol. The number of aryl methyl sites for hydroxylation is 1. The largest absolute Gasteiger partial charge is 0.364 e. The number of nitrogens with one attached hydrogen (secondary N) is 1. The third-order valence-corrected chi connectivity index (χ3v) is 3.52. The van der Waals surface area contributed by atoms with Crippen molar-refractivity contribution in [2.45, 2.75) is 13.5 Å². The molecule has 0 radical (unpaired) electrons. The predicted molar refractivity (Wildman–Crippen MR) is 83.1 cm³/mol. The Morgan fingerprint density at radius 1 is 0.950 bits per heavy atom. The molecule has 0 aliphatic rings.